The van der Waals surface area contributed by atoms with Gasteiger partial charge in [0, 0.05) is 24.0 Å². The highest BCUT2D eigenvalue weighted by Crippen LogP contribution is 2.51. The van der Waals surface area contributed by atoms with Crippen molar-refractivity contribution in [3.05, 3.63) is 58.7 Å². The molecule has 1 aliphatic carbocycles. The van der Waals surface area contributed by atoms with Gasteiger partial charge in [-0.2, -0.15) is 0 Å². The van der Waals surface area contributed by atoms with Crippen molar-refractivity contribution >= 4 is 14.1 Å². The number of allylic oxidation sites excluding steroid dienone is 1. The highest BCUT2D eigenvalue weighted by molar-refractivity contribution is 6.74. The number of hydrogen-bond acceptors (Lipinski definition) is 6. The van der Waals surface area contributed by atoms with Crippen molar-refractivity contribution in [3.63, 3.8) is 0 Å². The maximum atomic E-state index is 13.8. The van der Waals surface area contributed by atoms with Crippen molar-refractivity contribution < 1.29 is 18.4 Å². The summed E-state index contributed by atoms with van der Waals surface area (Å²) < 4.78 is 19.0. The summed E-state index contributed by atoms with van der Waals surface area (Å²) in [5.41, 5.74) is 0.0754. The average Bonchev–Trinajstić information content (AvgIpc) is 2.73. The van der Waals surface area contributed by atoms with Gasteiger partial charge in [0.2, 0.25) is 0 Å². The number of fused-ring (bicyclic) bond motifs is 2. The Balaban J connectivity index is 1.82. The van der Waals surface area contributed by atoms with Crippen LogP contribution in [0.1, 0.15) is 57.8 Å². The largest absolute Gasteiger partial charge is 0.483 e. The summed E-state index contributed by atoms with van der Waals surface area (Å²) in [4.78, 5) is 30.9. The fourth-order valence-electron chi connectivity index (χ4n) is 4.77. The number of ketones is 1. The second-order valence-corrected chi connectivity index (χ2v) is 16.2. The molecule has 1 aliphatic heterocycles. The normalized spacial score (nSPS) is 26.9. The van der Waals surface area contributed by atoms with Gasteiger partial charge in [-0.25, -0.2) is 4.79 Å². The summed E-state index contributed by atoms with van der Waals surface area (Å²) in [5.74, 6) is -0.0494. The van der Waals surface area contributed by atoms with Crippen LogP contribution < -0.4 is 10.4 Å². The highest BCUT2D eigenvalue weighted by atomic mass is 28.4. The minimum atomic E-state index is -2.18. The van der Waals surface area contributed by atoms with Gasteiger partial charge in [-0.05, 0) is 62.9 Å². The van der Waals surface area contributed by atoms with Gasteiger partial charge in [0.15, 0.2) is 14.1 Å². The van der Waals surface area contributed by atoms with Crippen LogP contribution in [-0.2, 0) is 4.43 Å². The van der Waals surface area contributed by atoms with Crippen LogP contribution in [0.15, 0.2) is 52.0 Å². The van der Waals surface area contributed by atoms with Gasteiger partial charge in [0.25, 0.3) is 0 Å². The monoisotopic (exact) mass is 481 g/mol. The fourth-order valence-corrected chi connectivity index (χ4v) is 6.17. The molecule has 0 amide bonds. The lowest BCUT2D eigenvalue weighted by atomic mass is 9.65. The van der Waals surface area contributed by atoms with E-state index in [1.54, 1.807) is 30.6 Å². The maximum absolute atomic E-state index is 13.8. The number of ether oxygens (including phenoxy) is 1. The summed E-state index contributed by atoms with van der Waals surface area (Å²) in [6.07, 6.45) is 4.26. The third-order valence-electron chi connectivity index (χ3n) is 8.04. The summed E-state index contributed by atoms with van der Waals surface area (Å²) in [6, 6.07) is 5.20. The average molecular weight is 482 g/mol. The lowest BCUT2D eigenvalue weighted by molar-refractivity contribution is -0.103. The fraction of sp³-hybridized carbons (Fsp3) is 0.519. The zero-order chi connectivity index (χ0) is 25.1. The van der Waals surface area contributed by atoms with E-state index < -0.39 is 25.5 Å². The molecule has 0 bridgehead atoms. The summed E-state index contributed by atoms with van der Waals surface area (Å²) in [7, 11) is -2.18. The number of carbonyl (C=O) groups is 1. The van der Waals surface area contributed by atoms with Gasteiger partial charge in [-0.3, -0.25) is 9.78 Å². The molecule has 0 radical (unpaired) electrons. The first-order valence-corrected chi connectivity index (χ1v) is 14.8. The van der Waals surface area contributed by atoms with Gasteiger partial charge in [0.1, 0.15) is 22.7 Å². The molecule has 7 heteroatoms. The van der Waals surface area contributed by atoms with E-state index in [2.05, 4.69) is 45.4 Å². The summed E-state index contributed by atoms with van der Waals surface area (Å²) >= 11 is 0. The first kappa shape index (κ1) is 24.6. The van der Waals surface area contributed by atoms with Crippen LogP contribution in [-0.4, -0.2) is 30.8 Å². The lowest BCUT2D eigenvalue weighted by Crippen LogP contribution is -2.63. The minimum absolute atomic E-state index is 0.000153. The Labute approximate surface area is 202 Å². The maximum Gasteiger partial charge on any atom is 0.351 e. The molecular formula is C27H35NO5Si. The molecule has 4 rings (SSSR count). The van der Waals surface area contributed by atoms with Crippen LogP contribution >= 0.6 is 0 Å². The molecule has 0 spiro atoms. The number of hydrogen-bond donors (Lipinski definition) is 0. The van der Waals surface area contributed by atoms with Gasteiger partial charge < -0.3 is 13.6 Å². The Morgan fingerprint density at radius 1 is 1.26 bits per heavy atom. The second-order valence-electron chi connectivity index (χ2n) is 11.5. The molecule has 0 aromatic carbocycles. The Kier molecular flexibility index (Phi) is 6.01. The lowest BCUT2D eigenvalue weighted by Gasteiger charge is -2.53. The third kappa shape index (κ3) is 4.09. The summed E-state index contributed by atoms with van der Waals surface area (Å²) in [6.45, 7) is 19.1. The SMILES string of the molecule is C=C(C)[C@@H]1CC(O[Si](C)(C)C(C)(C)C)[C@@]2(C)Oc3cc(-c4cccnc4)oc(=O)c3C(=O)[C@@H]2C1. The predicted molar refractivity (Wildman–Crippen MR) is 135 cm³/mol. The minimum Gasteiger partial charge on any atom is -0.483 e. The van der Waals surface area contributed by atoms with Crippen LogP contribution in [0.2, 0.25) is 18.1 Å². The smallest absolute Gasteiger partial charge is 0.351 e. The van der Waals surface area contributed by atoms with E-state index in [9.17, 15) is 9.59 Å². The number of aromatic nitrogens is 1. The van der Waals surface area contributed by atoms with Crippen LogP contribution in [0.25, 0.3) is 11.3 Å². The van der Waals surface area contributed by atoms with E-state index in [0.717, 1.165) is 12.0 Å². The Morgan fingerprint density at radius 3 is 2.56 bits per heavy atom. The third-order valence-corrected chi connectivity index (χ3v) is 12.5. The summed E-state index contributed by atoms with van der Waals surface area (Å²) in [5, 5.41) is 0.000153. The molecule has 3 heterocycles. The van der Waals surface area contributed by atoms with Crippen molar-refractivity contribution in [2.75, 3.05) is 0 Å². The molecule has 1 unspecified atom stereocenters. The molecule has 0 N–H and O–H groups in total. The van der Waals surface area contributed by atoms with Gasteiger partial charge in [-0.15, -0.1) is 0 Å². The molecule has 182 valence electrons. The molecule has 2 aliphatic rings. The molecule has 4 atom stereocenters. The molecule has 1 saturated carbocycles. The van der Waals surface area contributed by atoms with Crippen molar-refractivity contribution in [3.8, 4) is 17.1 Å². The van der Waals surface area contributed by atoms with Crippen molar-refractivity contribution in [1.29, 1.82) is 0 Å². The number of carbonyl (C=O) groups excluding carboxylic acids is 1. The van der Waals surface area contributed by atoms with E-state index in [-0.39, 0.29) is 34.2 Å². The van der Waals surface area contributed by atoms with Crippen LogP contribution in [0.3, 0.4) is 0 Å². The molecule has 6 nitrogen and oxygen atoms in total. The van der Waals surface area contributed by atoms with Crippen molar-refractivity contribution in [2.45, 2.75) is 77.3 Å². The van der Waals surface area contributed by atoms with Gasteiger partial charge >= 0.3 is 5.63 Å². The van der Waals surface area contributed by atoms with Crippen molar-refractivity contribution in [1.82, 2.24) is 4.98 Å². The Hall–Kier alpha value is -2.51. The van der Waals surface area contributed by atoms with Crippen LogP contribution in [0.5, 0.6) is 5.75 Å². The number of pyridine rings is 1. The highest BCUT2D eigenvalue weighted by Gasteiger charge is 2.58. The molecule has 2 aromatic heterocycles. The quantitative estimate of drug-likeness (QED) is 0.392. The van der Waals surface area contributed by atoms with E-state index in [1.165, 1.54) is 0 Å². The van der Waals surface area contributed by atoms with E-state index in [4.69, 9.17) is 13.6 Å². The first-order valence-electron chi connectivity index (χ1n) is 11.9. The Morgan fingerprint density at radius 2 is 1.97 bits per heavy atom. The zero-order valence-corrected chi connectivity index (χ0v) is 22.2. The standard InChI is InChI=1S/C27H35NO5Si/c1-16(2)18-12-19-24(29)23-21(14-20(31-25(23)30)17-10-9-11-28-15-17)32-27(19,6)22(13-18)33-34(7,8)26(3,4)5/h9-11,14-15,18-19,22H,1,12-13H2,2-8H3/t18-,19-,22?,27-/m0/s1. The molecular weight excluding hydrogens is 446 g/mol. The molecule has 34 heavy (non-hydrogen) atoms. The number of Topliss-reactive ketones (excluding diaryl/α,β-unsaturated/α-hetero) is 1. The molecule has 0 saturated heterocycles. The Bertz CT molecular complexity index is 1180. The van der Waals surface area contributed by atoms with Crippen LogP contribution in [0.4, 0.5) is 0 Å². The van der Waals surface area contributed by atoms with Crippen molar-refractivity contribution in [2.24, 2.45) is 11.8 Å². The van der Waals surface area contributed by atoms with Crippen LogP contribution in [0, 0.1) is 11.8 Å². The molecule has 1 fully saturated rings. The second kappa shape index (κ2) is 8.31. The zero-order valence-electron chi connectivity index (χ0n) is 21.2. The van der Waals surface area contributed by atoms with E-state index in [0.29, 0.717) is 17.7 Å². The van der Waals surface area contributed by atoms with E-state index >= 15 is 0 Å². The first-order chi connectivity index (χ1) is 15.7. The van der Waals surface area contributed by atoms with Gasteiger partial charge in [-0.1, -0.05) is 32.9 Å². The molecule has 2 aromatic rings. The number of nitrogens with zero attached hydrogens (tertiary/aromatic N) is 1. The predicted octanol–water partition coefficient (Wildman–Crippen LogP) is 6.03. The number of rotatable bonds is 4. The van der Waals surface area contributed by atoms with E-state index in [1.807, 2.05) is 13.8 Å². The van der Waals surface area contributed by atoms with Gasteiger partial charge in [0.05, 0.1) is 12.0 Å². The topological polar surface area (TPSA) is 78.6 Å².